The average molecular weight is 213 g/mol. The second-order valence-corrected chi connectivity index (χ2v) is 3.71. The Labute approximate surface area is 95.2 Å². The minimum Gasteiger partial charge on any atom is -0.507 e. The van der Waals surface area contributed by atoms with E-state index in [1.54, 1.807) is 6.07 Å². The molecule has 0 aliphatic carbocycles. The minimum absolute atomic E-state index is 0.336. The summed E-state index contributed by atoms with van der Waals surface area (Å²) in [5, 5.41) is 15.0. The molecule has 2 nitrogen and oxygen atoms in total. The van der Waals surface area contributed by atoms with Crippen LogP contribution in [0, 0.1) is 0 Å². The van der Waals surface area contributed by atoms with E-state index in [-0.39, 0.29) is 0 Å². The Balaban J connectivity index is 2.38. The first kappa shape index (κ1) is 10.7. The van der Waals surface area contributed by atoms with Crippen LogP contribution in [0.4, 0.5) is 0 Å². The van der Waals surface area contributed by atoms with Crippen LogP contribution in [0.1, 0.15) is 5.56 Å². The first-order valence-electron chi connectivity index (χ1n) is 5.34. The lowest BCUT2D eigenvalue weighted by molar-refractivity contribution is 0.481. The number of rotatable bonds is 4. The number of benzene rings is 2. The van der Waals surface area contributed by atoms with E-state index in [1.807, 2.05) is 36.4 Å². The van der Waals surface area contributed by atoms with Crippen molar-refractivity contribution in [2.24, 2.45) is 0 Å². The van der Waals surface area contributed by atoms with Gasteiger partial charge in [-0.2, -0.15) is 0 Å². The van der Waals surface area contributed by atoms with Gasteiger partial charge in [-0.1, -0.05) is 36.4 Å². The fraction of sp³-hybridized carbons (Fsp3) is 0.143. The largest absolute Gasteiger partial charge is 0.507 e. The van der Waals surface area contributed by atoms with Crippen molar-refractivity contribution in [2.45, 2.75) is 6.54 Å². The molecule has 0 atom stereocenters. The third kappa shape index (κ3) is 2.07. The van der Waals surface area contributed by atoms with Crippen molar-refractivity contribution in [3.63, 3.8) is 0 Å². The number of nitrogens with one attached hydrogen (secondary N) is 1. The van der Waals surface area contributed by atoms with Crippen LogP contribution in [0.5, 0.6) is 5.75 Å². The molecule has 2 N–H and O–H groups in total. The van der Waals surface area contributed by atoms with Crippen LogP contribution in [0.15, 0.2) is 49.1 Å². The Kier molecular flexibility index (Phi) is 3.22. The average Bonchev–Trinajstić information content (AvgIpc) is 2.33. The lowest BCUT2D eigenvalue weighted by Gasteiger charge is -2.08. The third-order valence-electron chi connectivity index (χ3n) is 2.60. The smallest absolute Gasteiger partial charge is 0.123 e. The molecule has 82 valence electrons. The van der Waals surface area contributed by atoms with Gasteiger partial charge in [-0.05, 0) is 17.0 Å². The van der Waals surface area contributed by atoms with Crippen LogP contribution in [-0.4, -0.2) is 11.7 Å². The normalized spacial score (nSPS) is 10.5. The Morgan fingerprint density at radius 2 is 1.88 bits per heavy atom. The van der Waals surface area contributed by atoms with E-state index in [1.165, 1.54) is 5.56 Å². The molecule has 2 heteroatoms. The predicted octanol–water partition coefficient (Wildman–Crippen LogP) is 2.82. The van der Waals surface area contributed by atoms with Crippen molar-refractivity contribution in [1.29, 1.82) is 0 Å². The molecule has 0 aliphatic rings. The fourth-order valence-corrected chi connectivity index (χ4v) is 1.81. The monoisotopic (exact) mass is 213 g/mol. The number of hydrogen-bond donors (Lipinski definition) is 2. The SMILES string of the molecule is C=CCNCc1ccc(O)c2ccccc12. The van der Waals surface area contributed by atoms with Crippen molar-refractivity contribution >= 4 is 10.8 Å². The second-order valence-electron chi connectivity index (χ2n) is 3.71. The first-order valence-corrected chi connectivity index (χ1v) is 5.34. The molecule has 0 bridgehead atoms. The topological polar surface area (TPSA) is 32.3 Å². The molecule has 2 aromatic carbocycles. The molecule has 16 heavy (non-hydrogen) atoms. The van der Waals surface area contributed by atoms with Crippen molar-refractivity contribution in [3.05, 3.63) is 54.6 Å². The summed E-state index contributed by atoms with van der Waals surface area (Å²) in [6.07, 6.45) is 1.84. The maximum atomic E-state index is 9.73. The first-order chi connectivity index (χ1) is 7.83. The molecule has 0 spiro atoms. The maximum Gasteiger partial charge on any atom is 0.123 e. The number of aromatic hydroxyl groups is 1. The number of phenols is 1. The van der Waals surface area contributed by atoms with Gasteiger partial charge in [0, 0.05) is 18.5 Å². The summed E-state index contributed by atoms with van der Waals surface area (Å²) in [6, 6.07) is 11.6. The molecule has 0 aromatic heterocycles. The summed E-state index contributed by atoms with van der Waals surface area (Å²) in [6.45, 7) is 5.24. The lowest BCUT2D eigenvalue weighted by Crippen LogP contribution is -2.12. The Bertz CT molecular complexity index is 505. The van der Waals surface area contributed by atoms with Crippen LogP contribution in [-0.2, 0) is 6.54 Å². The van der Waals surface area contributed by atoms with Gasteiger partial charge in [0.15, 0.2) is 0 Å². The molecule has 0 unspecified atom stereocenters. The molecule has 0 saturated heterocycles. The van der Waals surface area contributed by atoms with Gasteiger partial charge in [-0.3, -0.25) is 0 Å². The minimum atomic E-state index is 0.336. The standard InChI is InChI=1S/C14H15NO/c1-2-9-15-10-11-7-8-14(16)13-6-4-3-5-12(11)13/h2-8,15-16H,1,9-10H2. The van der Waals surface area contributed by atoms with Crippen LogP contribution in [0.2, 0.25) is 0 Å². The zero-order chi connectivity index (χ0) is 11.4. The van der Waals surface area contributed by atoms with Crippen molar-refractivity contribution in [2.75, 3.05) is 6.54 Å². The summed E-state index contributed by atoms with van der Waals surface area (Å²) in [4.78, 5) is 0. The molecule has 2 rings (SSSR count). The van der Waals surface area contributed by atoms with Crippen molar-refractivity contribution in [1.82, 2.24) is 5.32 Å². The van der Waals surface area contributed by atoms with Gasteiger partial charge in [0.2, 0.25) is 0 Å². The molecule has 0 saturated carbocycles. The maximum absolute atomic E-state index is 9.73. The van der Waals surface area contributed by atoms with Crippen molar-refractivity contribution < 1.29 is 5.11 Å². The molecule has 0 heterocycles. The van der Waals surface area contributed by atoms with Crippen LogP contribution >= 0.6 is 0 Å². The Morgan fingerprint density at radius 3 is 2.62 bits per heavy atom. The highest BCUT2D eigenvalue weighted by Gasteiger charge is 2.03. The van der Waals surface area contributed by atoms with E-state index in [2.05, 4.69) is 11.9 Å². The summed E-state index contributed by atoms with van der Waals surface area (Å²) in [5.41, 5.74) is 1.19. The van der Waals surface area contributed by atoms with Gasteiger partial charge in [-0.15, -0.1) is 6.58 Å². The van der Waals surface area contributed by atoms with Crippen LogP contribution < -0.4 is 5.32 Å². The molecule has 2 aromatic rings. The summed E-state index contributed by atoms with van der Waals surface area (Å²) in [7, 11) is 0. The van der Waals surface area contributed by atoms with E-state index < -0.39 is 0 Å². The Morgan fingerprint density at radius 1 is 1.12 bits per heavy atom. The highest BCUT2D eigenvalue weighted by Crippen LogP contribution is 2.27. The van der Waals surface area contributed by atoms with Crippen molar-refractivity contribution in [3.8, 4) is 5.75 Å². The molecule has 0 radical (unpaired) electrons. The number of fused-ring (bicyclic) bond motifs is 1. The highest BCUT2D eigenvalue weighted by molar-refractivity contribution is 5.90. The highest BCUT2D eigenvalue weighted by atomic mass is 16.3. The van der Waals surface area contributed by atoms with E-state index in [0.29, 0.717) is 5.75 Å². The van der Waals surface area contributed by atoms with Crippen LogP contribution in [0.3, 0.4) is 0 Å². The van der Waals surface area contributed by atoms with Gasteiger partial charge in [0.25, 0.3) is 0 Å². The van der Waals surface area contributed by atoms with E-state index >= 15 is 0 Å². The lowest BCUT2D eigenvalue weighted by atomic mass is 10.0. The molecule has 0 amide bonds. The molecular weight excluding hydrogens is 198 g/mol. The van der Waals surface area contributed by atoms with E-state index in [0.717, 1.165) is 23.9 Å². The number of hydrogen-bond acceptors (Lipinski definition) is 2. The zero-order valence-electron chi connectivity index (χ0n) is 9.11. The number of phenolic OH excluding ortho intramolecular Hbond substituents is 1. The third-order valence-corrected chi connectivity index (χ3v) is 2.60. The molecule has 0 aliphatic heterocycles. The quantitative estimate of drug-likeness (QED) is 0.604. The van der Waals surface area contributed by atoms with E-state index in [4.69, 9.17) is 0 Å². The van der Waals surface area contributed by atoms with Gasteiger partial charge in [0.1, 0.15) is 5.75 Å². The van der Waals surface area contributed by atoms with Gasteiger partial charge < -0.3 is 10.4 Å². The summed E-state index contributed by atoms with van der Waals surface area (Å²) in [5.74, 6) is 0.336. The van der Waals surface area contributed by atoms with E-state index in [9.17, 15) is 5.11 Å². The van der Waals surface area contributed by atoms with Gasteiger partial charge >= 0.3 is 0 Å². The summed E-state index contributed by atoms with van der Waals surface area (Å²) >= 11 is 0. The zero-order valence-corrected chi connectivity index (χ0v) is 9.11. The molecule has 0 fully saturated rings. The summed E-state index contributed by atoms with van der Waals surface area (Å²) < 4.78 is 0. The predicted molar refractivity (Wildman–Crippen MR) is 67.5 cm³/mol. The van der Waals surface area contributed by atoms with Gasteiger partial charge in [-0.25, -0.2) is 0 Å². The van der Waals surface area contributed by atoms with Crippen LogP contribution in [0.25, 0.3) is 10.8 Å². The Hall–Kier alpha value is -1.80. The fourth-order valence-electron chi connectivity index (χ4n) is 1.81. The van der Waals surface area contributed by atoms with Gasteiger partial charge in [0.05, 0.1) is 0 Å². The second kappa shape index (κ2) is 4.81. The molecular formula is C14H15NO.